The first-order valence-electron chi connectivity index (χ1n) is 9.61. The Morgan fingerprint density at radius 2 is 2.18 bits per heavy atom. The SMILES string of the molecule is NCC[C@@H]1CC(F)(F)CCN1C[C@H]1O[C@@H](c2ccc3c(N)ncnn23)C[C@@H]1O. The second-order valence-electron chi connectivity index (χ2n) is 7.70. The van der Waals surface area contributed by atoms with Gasteiger partial charge in [0.05, 0.1) is 17.9 Å². The van der Waals surface area contributed by atoms with Crippen LogP contribution in [0.4, 0.5) is 14.6 Å². The van der Waals surface area contributed by atoms with Crippen LogP contribution < -0.4 is 11.5 Å². The molecule has 154 valence electrons. The molecule has 0 spiro atoms. The molecule has 0 saturated carbocycles. The quantitative estimate of drug-likeness (QED) is 0.689. The Balaban J connectivity index is 1.47. The van der Waals surface area contributed by atoms with E-state index >= 15 is 0 Å². The Morgan fingerprint density at radius 3 is 2.96 bits per heavy atom. The lowest BCUT2D eigenvalue weighted by molar-refractivity contribution is -0.0953. The fraction of sp³-hybridized carbons (Fsp3) is 0.667. The van der Waals surface area contributed by atoms with E-state index in [1.807, 2.05) is 17.0 Å². The van der Waals surface area contributed by atoms with Gasteiger partial charge in [0.15, 0.2) is 5.82 Å². The second-order valence-corrected chi connectivity index (χ2v) is 7.70. The number of aromatic nitrogens is 3. The fourth-order valence-electron chi connectivity index (χ4n) is 4.31. The number of fused-ring (bicyclic) bond motifs is 1. The van der Waals surface area contributed by atoms with E-state index in [-0.39, 0.29) is 31.5 Å². The molecule has 0 aliphatic carbocycles. The van der Waals surface area contributed by atoms with Crippen molar-refractivity contribution in [1.29, 1.82) is 0 Å². The van der Waals surface area contributed by atoms with Crippen LogP contribution >= 0.6 is 0 Å². The van der Waals surface area contributed by atoms with Gasteiger partial charge in [0.1, 0.15) is 17.9 Å². The van der Waals surface area contributed by atoms with Crippen molar-refractivity contribution in [3.8, 4) is 0 Å². The summed E-state index contributed by atoms with van der Waals surface area (Å²) in [6, 6.07) is 3.38. The van der Waals surface area contributed by atoms with Gasteiger partial charge in [0, 0.05) is 38.4 Å². The van der Waals surface area contributed by atoms with Crippen LogP contribution in [0.3, 0.4) is 0 Å². The Labute approximate surface area is 161 Å². The van der Waals surface area contributed by atoms with Gasteiger partial charge < -0.3 is 21.3 Å². The first-order valence-corrected chi connectivity index (χ1v) is 9.61. The summed E-state index contributed by atoms with van der Waals surface area (Å²) in [6.07, 6.45) is 0.414. The third-order valence-corrected chi connectivity index (χ3v) is 5.79. The fourth-order valence-corrected chi connectivity index (χ4v) is 4.31. The lowest BCUT2D eigenvalue weighted by atomic mass is 9.95. The summed E-state index contributed by atoms with van der Waals surface area (Å²) in [4.78, 5) is 5.95. The summed E-state index contributed by atoms with van der Waals surface area (Å²) in [5, 5.41) is 14.8. The van der Waals surface area contributed by atoms with Crippen molar-refractivity contribution < 1.29 is 18.6 Å². The van der Waals surface area contributed by atoms with Crippen molar-refractivity contribution in [2.24, 2.45) is 5.73 Å². The molecule has 0 radical (unpaired) electrons. The van der Waals surface area contributed by atoms with Gasteiger partial charge in [-0.2, -0.15) is 5.10 Å². The number of anilines is 1. The molecule has 0 amide bonds. The molecule has 0 unspecified atom stereocenters. The maximum absolute atomic E-state index is 13.8. The molecule has 2 saturated heterocycles. The lowest BCUT2D eigenvalue weighted by Crippen LogP contribution is -2.51. The van der Waals surface area contributed by atoms with E-state index in [1.54, 1.807) is 4.52 Å². The molecule has 28 heavy (non-hydrogen) atoms. The van der Waals surface area contributed by atoms with Gasteiger partial charge in [-0.05, 0) is 25.1 Å². The molecule has 0 bridgehead atoms. The molecule has 0 aromatic carbocycles. The number of nitrogens with zero attached hydrogens (tertiary/aromatic N) is 4. The first-order chi connectivity index (χ1) is 13.4. The predicted molar refractivity (Wildman–Crippen MR) is 98.9 cm³/mol. The minimum Gasteiger partial charge on any atom is -0.390 e. The molecular formula is C18H26F2N6O2. The Kier molecular flexibility index (Phi) is 5.21. The van der Waals surface area contributed by atoms with Crippen molar-refractivity contribution in [2.45, 2.75) is 56.0 Å². The Bertz CT molecular complexity index is 832. The minimum absolute atomic E-state index is 0.181. The zero-order valence-corrected chi connectivity index (χ0v) is 15.5. The van der Waals surface area contributed by atoms with Crippen LogP contribution in [0.1, 0.15) is 37.5 Å². The number of hydrogen-bond acceptors (Lipinski definition) is 7. The average Bonchev–Trinajstić information content (AvgIpc) is 3.22. The number of rotatable bonds is 5. The molecule has 2 aliphatic rings. The largest absolute Gasteiger partial charge is 0.390 e. The zero-order chi connectivity index (χ0) is 19.9. The molecule has 2 aromatic heterocycles. The summed E-state index contributed by atoms with van der Waals surface area (Å²) in [5.74, 6) is -2.28. The highest BCUT2D eigenvalue weighted by molar-refractivity contribution is 5.65. The number of likely N-dealkylation sites (tertiary alicyclic amines) is 1. The Hall–Kier alpha value is -1.88. The normalized spacial score (nSPS) is 30.9. The first kappa shape index (κ1) is 19.4. The lowest BCUT2D eigenvalue weighted by Gasteiger charge is -2.40. The third kappa shape index (κ3) is 3.69. The number of halogens is 2. The molecule has 5 N–H and O–H groups in total. The molecule has 8 nitrogen and oxygen atoms in total. The number of ether oxygens (including phenoxy) is 1. The van der Waals surface area contributed by atoms with Crippen molar-refractivity contribution in [2.75, 3.05) is 25.4 Å². The van der Waals surface area contributed by atoms with Gasteiger partial charge in [0.2, 0.25) is 0 Å². The van der Waals surface area contributed by atoms with E-state index in [0.29, 0.717) is 37.3 Å². The molecule has 10 heteroatoms. The third-order valence-electron chi connectivity index (χ3n) is 5.79. The van der Waals surface area contributed by atoms with E-state index in [4.69, 9.17) is 16.2 Å². The smallest absolute Gasteiger partial charge is 0.250 e. The predicted octanol–water partition coefficient (Wildman–Crippen LogP) is 0.951. The van der Waals surface area contributed by atoms with E-state index < -0.39 is 18.1 Å². The summed E-state index contributed by atoms with van der Waals surface area (Å²) < 4.78 is 35.4. The molecule has 2 aliphatic heterocycles. The van der Waals surface area contributed by atoms with Gasteiger partial charge in [0.25, 0.3) is 5.92 Å². The summed E-state index contributed by atoms with van der Waals surface area (Å²) >= 11 is 0. The van der Waals surface area contributed by atoms with Crippen molar-refractivity contribution in [3.05, 3.63) is 24.2 Å². The topological polar surface area (TPSA) is 115 Å². The van der Waals surface area contributed by atoms with Crippen LogP contribution in [0.2, 0.25) is 0 Å². The molecule has 4 heterocycles. The molecule has 4 atom stereocenters. The summed E-state index contributed by atoms with van der Waals surface area (Å²) in [5.41, 5.74) is 13.0. The van der Waals surface area contributed by atoms with E-state index in [2.05, 4.69) is 10.1 Å². The Morgan fingerprint density at radius 1 is 1.36 bits per heavy atom. The summed E-state index contributed by atoms with van der Waals surface area (Å²) in [7, 11) is 0. The maximum atomic E-state index is 13.8. The monoisotopic (exact) mass is 396 g/mol. The highest BCUT2D eigenvalue weighted by Gasteiger charge is 2.43. The number of aliphatic hydroxyl groups excluding tert-OH is 1. The average molecular weight is 396 g/mol. The zero-order valence-electron chi connectivity index (χ0n) is 15.5. The van der Waals surface area contributed by atoms with Crippen molar-refractivity contribution in [3.63, 3.8) is 0 Å². The number of nitrogen functional groups attached to an aromatic ring is 1. The molecule has 2 aromatic rings. The van der Waals surface area contributed by atoms with E-state index in [9.17, 15) is 13.9 Å². The number of nitrogens with two attached hydrogens (primary N) is 2. The van der Waals surface area contributed by atoms with Gasteiger partial charge >= 0.3 is 0 Å². The van der Waals surface area contributed by atoms with Crippen molar-refractivity contribution in [1.82, 2.24) is 19.5 Å². The van der Waals surface area contributed by atoms with Gasteiger partial charge in [-0.3, -0.25) is 4.90 Å². The minimum atomic E-state index is -2.65. The van der Waals surface area contributed by atoms with Gasteiger partial charge in [-0.25, -0.2) is 18.3 Å². The van der Waals surface area contributed by atoms with Crippen LogP contribution in [-0.4, -0.2) is 68.4 Å². The number of hydrogen-bond donors (Lipinski definition) is 3. The summed E-state index contributed by atoms with van der Waals surface area (Å²) in [6.45, 7) is 1.02. The molecule has 4 rings (SSSR count). The number of alkyl halides is 2. The van der Waals surface area contributed by atoms with Gasteiger partial charge in [-0.1, -0.05) is 0 Å². The maximum Gasteiger partial charge on any atom is 0.250 e. The van der Waals surface area contributed by atoms with Crippen LogP contribution in [-0.2, 0) is 4.74 Å². The number of aliphatic hydroxyl groups is 1. The van der Waals surface area contributed by atoms with Gasteiger partial charge in [-0.15, -0.1) is 0 Å². The van der Waals surface area contributed by atoms with Crippen LogP contribution in [0.25, 0.3) is 5.52 Å². The molecule has 2 fully saturated rings. The second kappa shape index (κ2) is 7.51. The van der Waals surface area contributed by atoms with Crippen molar-refractivity contribution >= 4 is 11.3 Å². The highest BCUT2D eigenvalue weighted by atomic mass is 19.3. The standard InChI is InChI=1S/C18H26F2N6O2/c19-18(20)4-6-25(11(8-18)3-5-21)9-16-14(27)7-15(28-16)12-1-2-13-17(22)23-10-24-26(12)13/h1-2,10-11,14-16,27H,3-9,21H2,(H2,22,23,24)/t11-,14+,15-,16-/m1/s1. The number of piperidine rings is 1. The molecular weight excluding hydrogens is 370 g/mol. The highest BCUT2D eigenvalue weighted by Crippen LogP contribution is 2.37. The van der Waals surface area contributed by atoms with Crippen LogP contribution in [0.5, 0.6) is 0 Å². The van der Waals surface area contributed by atoms with E-state index in [0.717, 1.165) is 5.69 Å². The van der Waals surface area contributed by atoms with Crippen LogP contribution in [0.15, 0.2) is 18.5 Å². The van der Waals surface area contributed by atoms with E-state index in [1.165, 1.54) is 6.33 Å². The van der Waals surface area contributed by atoms with Crippen LogP contribution in [0, 0.1) is 0 Å².